The number of carbonyl (C=O) groups is 2. The van der Waals surface area contributed by atoms with Gasteiger partial charge in [-0.25, -0.2) is 13.2 Å². The van der Waals surface area contributed by atoms with E-state index in [9.17, 15) is 18.0 Å². The second kappa shape index (κ2) is 6.17. The fraction of sp³-hybridized carbons (Fsp3) is 0.818. The Bertz CT molecular complexity index is 396. The lowest BCUT2D eigenvalue weighted by Crippen LogP contribution is -2.42. The normalized spacial score (nSPS) is 13.8. The van der Waals surface area contributed by atoms with E-state index in [2.05, 4.69) is 0 Å². The van der Waals surface area contributed by atoms with Gasteiger partial charge in [-0.1, -0.05) is 0 Å². The number of nitrogens with zero attached hydrogens (tertiary/aromatic N) is 1. The van der Waals surface area contributed by atoms with Gasteiger partial charge in [-0.2, -0.15) is 0 Å². The Labute approximate surface area is 108 Å². The van der Waals surface area contributed by atoms with Gasteiger partial charge < -0.3 is 14.4 Å². The van der Waals surface area contributed by atoms with Crippen LogP contribution < -0.4 is 0 Å². The predicted molar refractivity (Wildman–Crippen MR) is 68.2 cm³/mol. The van der Waals surface area contributed by atoms with E-state index < -0.39 is 27.6 Å². The molecule has 0 aromatic carbocycles. The van der Waals surface area contributed by atoms with Gasteiger partial charge in [0.1, 0.15) is 21.7 Å². The molecule has 7 heteroatoms. The van der Waals surface area contributed by atoms with Crippen LogP contribution in [0.2, 0.25) is 0 Å². The largest absolute Gasteiger partial charge is 0.444 e. The summed E-state index contributed by atoms with van der Waals surface area (Å²) in [6.07, 6.45) is 1.06. The van der Waals surface area contributed by atoms with Crippen molar-refractivity contribution < 1.29 is 22.7 Å². The first-order valence-corrected chi connectivity index (χ1v) is 7.61. The number of amides is 1. The van der Waals surface area contributed by atoms with Gasteiger partial charge in [0.25, 0.3) is 0 Å². The highest BCUT2D eigenvalue weighted by molar-refractivity contribution is 7.90. The van der Waals surface area contributed by atoms with Crippen LogP contribution in [0.1, 0.15) is 27.2 Å². The first-order valence-electron chi connectivity index (χ1n) is 5.55. The Morgan fingerprint density at radius 3 is 2.22 bits per heavy atom. The minimum absolute atomic E-state index is 0.0675. The molecule has 0 aliphatic rings. The van der Waals surface area contributed by atoms with E-state index in [0.29, 0.717) is 6.29 Å². The summed E-state index contributed by atoms with van der Waals surface area (Å²) in [6.45, 7) is 5.14. The Balaban J connectivity index is 4.57. The van der Waals surface area contributed by atoms with E-state index in [1.165, 1.54) is 7.05 Å². The van der Waals surface area contributed by atoms with E-state index in [1.807, 2.05) is 0 Å². The van der Waals surface area contributed by atoms with Gasteiger partial charge in [0.05, 0.1) is 11.8 Å². The van der Waals surface area contributed by atoms with E-state index in [0.717, 1.165) is 11.2 Å². The van der Waals surface area contributed by atoms with Crippen molar-refractivity contribution in [2.75, 3.05) is 19.1 Å². The first kappa shape index (κ1) is 16.9. The number of likely N-dealkylation sites (N-methyl/N-ethyl adjacent to an activating group) is 1. The second-order valence-electron chi connectivity index (χ2n) is 5.21. The number of sulfone groups is 1. The number of carbonyl (C=O) groups excluding carboxylic acids is 2. The Morgan fingerprint density at radius 1 is 1.39 bits per heavy atom. The smallest absolute Gasteiger partial charge is 0.410 e. The van der Waals surface area contributed by atoms with E-state index in [-0.39, 0.29) is 12.2 Å². The van der Waals surface area contributed by atoms with Gasteiger partial charge >= 0.3 is 6.09 Å². The monoisotopic (exact) mass is 279 g/mol. The molecular formula is C11H21NO5S. The maximum atomic E-state index is 11.7. The Morgan fingerprint density at radius 2 is 1.89 bits per heavy atom. The molecule has 0 aliphatic heterocycles. The molecule has 0 aliphatic carbocycles. The SMILES string of the molecule is CN(C(=O)OC(C)(C)C)C(C=O)CCS(C)(=O)=O. The van der Waals surface area contributed by atoms with Gasteiger partial charge in [-0.3, -0.25) is 0 Å². The number of ether oxygens (including phenoxy) is 1. The molecule has 0 fully saturated rings. The molecule has 0 radical (unpaired) electrons. The lowest BCUT2D eigenvalue weighted by atomic mass is 10.2. The number of aldehydes is 1. The van der Waals surface area contributed by atoms with Crippen LogP contribution in [0.3, 0.4) is 0 Å². The van der Waals surface area contributed by atoms with Crippen molar-refractivity contribution in [1.82, 2.24) is 4.90 Å². The van der Waals surface area contributed by atoms with Crippen LogP contribution in [0.4, 0.5) is 4.79 Å². The van der Waals surface area contributed by atoms with E-state index in [4.69, 9.17) is 4.74 Å². The second-order valence-corrected chi connectivity index (χ2v) is 7.47. The number of hydrogen-bond acceptors (Lipinski definition) is 5. The van der Waals surface area contributed by atoms with Crippen LogP contribution in [0.25, 0.3) is 0 Å². The van der Waals surface area contributed by atoms with Crippen molar-refractivity contribution in [3.05, 3.63) is 0 Å². The summed E-state index contributed by atoms with van der Waals surface area (Å²) in [5.74, 6) is -0.149. The summed E-state index contributed by atoms with van der Waals surface area (Å²) >= 11 is 0. The minimum Gasteiger partial charge on any atom is -0.444 e. The summed E-state index contributed by atoms with van der Waals surface area (Å²) in [5, 5.41) is 0. The molecule has 0 saturated heterocycles. The third-order valence-electron chi connectivity index (χ3n) is 2.12. The average molecular weight is 279 g/mol. The predicted octanol–water partition coefficient (Wildman–Crippen LogP) is 0.856. The molecule has 0 aromatic heterocycles. The fourth-order valence-corrected chi connectivity index (χ4v) is 1.83. The zero-order valence-corrected chi connectivity index (χ0v) is 12.3. The van der Waals surface area contributed by atoms with Gasteiger partial charge in [0.2, 0.25) is 0 Å². The average Bonchev–Trinajstić information content (AvgIpc) is 2.13. The third-order valence-corrected chi connectivity index (χ3v) is 3.10. The molecule has 6 nitrogen and oxygen atoms in total. The number of hydrogen-bond donors (Lipinski definition) is 0. The lowest BCUT2D eigenvalue weighted by Gasteiger charge is -2.27. The molecule has 0 rings (SSSR count). The lowest BCUT2D eigenvalue weighted by molar-refractivity contribution is -0.112. The molecule has 0 saturated carbocycles. The molecule has 0 aromatic rings. The van der Waals surface area contributed by atoms with Gasteiger partial charge in [0, 0.05) is 13.3 Å². The standard InChI is InChI=1S/C11H21NO5S/c1-11(2,3)17-10(14)12(4)9(8-13)6-7-18(5,15)16/h8-9H,6-7H2,1-5H3. The van der Waals surface area contributed by atoms with Crippen molar-refractivity contribution in [3.8, 4) is 0 Å². The van der Waals surface area contributed by atoms with Crippen LogP contribution in [0, 0.1) is 0 Å². The summed E-state index contributed by atoms with van der Waals surface area (Å²) in [4.78, 5) is 23.7. The molecule has 1 amide bonds. The highest BCUT2D eigenvalue weighted by atomic mass is 32.2. The van der Waals surface area contributed by atoms with Crippen molar-refractivity contribution in [2.45, 2.75) is 38.8 Å². The molecule has 0 N–H and O–H groups in total. The third kappa shape index (κ3) is 7.26. The molecule has 0 heterocycles. The molecule has 1 atom stereocenters. The molecule has 0 bridgehead atoms. The van der Waals surface area contributed by atoms with Crippen molar-refractivity contribution in [1.29, 1.82) is 0 Å². The summed E-state index contributed by atoms with van der Waals surface area (Å²) in [7, 11) is -1.75. The van der Waals surface area contributed by atoms with Crippen LogP contribution in [-0.4, -0.2) is 56.4 Å². The Kier molecular flexibility index (Phi) is 5.79. The maximum Gasteiger partial charge on any atom is 0.410 e. The fourth-order valence-electron chi connectivity index (χ4n) is 1.16. The van der Waals surface area contributed by atoms with Crippen LogP contribution >= 0.6 is 0 Å². The Hall–Kier alpha value is -1.11. The highest BCUT2D eigenvalue weighted by Gasteiger charge is 2.25. The summed E-state index contributed by atoms with van der Waals surface area (Å²) in [6, 6.07) is -0.797. The summed E-state index contributed by atoms with van der Waals surface area (Å²) < 4.78 is 27.1. The zero-order valence-electron chi connectivity index (χ0n) is 11.5. The van der Waals surface area contributed by atoms with Crippen molar-refractivity contribution in [3.63, 3.8) is 0 Å². The van der Waals surface area contributed by atoms with Gasteiger partial charge in [-0.15, -0.1) is 0 Å². The molecule has 1 unspecified atom stereocenters. The molecular weight excluding hydrogens is 258 g/mol. The van der Waals surface area contributed by atoms with Crippen LogP contribution in [-0.2, 0) is 19.4 Å². The van der Waals surface area contributed by atoms with E-state index in [1.54, 1.807) is 20.8 Å². The first-order chi connectivity index (χ1) is 7.96. The minimum atomic E-state index is -3.16. The van der Waals surface area contributed by atoms with Crippen LogP contribution in [0.15, 0.2) is 0 Å². The van der Waals surface area contributed by atoms with Crippen LogP contribution in [0.5, 0.6) is 0 Å². The summed E-state index contributed by atoms with van der Waals surface area (Å²) in [5.41, 5.74) is -0.657. The number of rotatable bonds is 5. The quantitative estimate of drug-likeness (QED) is 0.697. The maximum absolute atomic E-state index is 11.7. The van der Waals surface area contributed by atoms with Gasteiger partial charge in [0.15, 0.2) is 0 Å². The van der Waals surface area contributed by atoms with Crippen molar-refractivity contribution in [2.24, 2.45) is 0 Å². The highest BCUT2D eigenvalue weighted by Crippen LogP contribution is 2.11. The molecule has 106 valence electrons. The topological polar surface area (TPSA) is 80.8 Å². The van der Waals surface area contributed by atoms with Crippen molar-refractivity contribution >= 4 is 22.2 Å². The zero-order chi connectivity index (χ0) is 14.6. The molecule has 0 spiro atoms. The van der Waals surface area contributed by atoms with Gasteiger partial charge in [-0.05, 0) is 27.2 Å². The van der Waals surface area contributed by atoms with E-state index >= 15 is 0 Å². The molecule has 18 heavy (non-hydrogen) atoms.